The second-order valence-corrected chi connectivity index (χ2v) is 6.23. The van der Waals surface area contributed by atoms with Gasteiger partial charge in [-0.1, -0.05) is 12.1 Å². The Labute approximate surface area is 161 Å². The molecule has 0 fully saturated rings. The Bertz CT molecular complexity index is 1000. The first-order chi connectivity index (χ1) is 13.7. The molecule has 154 valence electrons. The molecule has 0 aliphatic rings. The van der Waals surface area contributed by atoms with Crippen LogP contribution in [0.1, 0.15) is 42.8 Å². The summed E-state index contributed by atoms with van der Waals surface area (Å²) in [6, 6.07) is 6.67. The van der Waals surface area contributed by atoms with E-state index in [2.05, 4.69) is 15.5 Å². The van der Waals surface area contributed by atoms with Crippen molar-refractivity contribution in [2.24, 2.45) is 0 Å². The second kappa shape index (κ2) is 8.41. The van der Waals surface area contributed by atoms with E-state index in [0.29, 0.717) is 16.3 Å². The van der Waals surface area contributed by atoms with Gasteiger partial charge in [0.05, 0.1) is 6.54 Å². The number of hydrogen-bond donors (Lipinski definition) is 1. The molecule has 1 N–H and O–H groups in total. The van der Waals surface area contributed by atoms with E-state index in [1.54, 1.807) is 18.3 Å². The van der Waals surface area contributed by atoms with Crippen molar-refractivity contribution >= 4 is 11.7 Å². The zero-order valence-corrected chi connectivity index (χ0v) is 15.1. The van der Waals surface area contributed by atoms with Gasteiger partial charge < -0.3 is 5.32 Å². The largest absolute Gasteiger partial charge is 0.307 e. The maximum absolute atomic E-state index is 13.2. The van der Waals surface area contributed by atoms with E-state index in [1.807, 2.05) is 0 Å². The number of carbonyl (C=O) groups excluding carboxylic acids is 1. The number of benzene rings is 1. The summed E-state index contributed by atoms with van der Waals surface area (Å²) < 4.78 is 67.1. The van der Waals surface area contributed by atoms with Gasteiger partial charge in [0, 0.05) is 12.3 Å². The Balaban J connectivity index is 1.71. The zero-order valence-electron chi connectivity index (χ0n) is 15.1. The van der Waals surface area contributed by atoms with Crippen LogP contribution in [0.5, 0.6) is 0 Å². The molecule has 11 heteroatoms. The highest BCUT2D eigenvalue weighted by atomic mass is 19.3. The van der Waals surface area contributed by atoms with Crippen LogP contribution < -0.4 is 5.32 Å². The van der Waals surface area contributed by atoms with Gasteiger partial charge in [0.1, 0.15) is 23.2 Å². The van der Waals surface area contributed by atoms with Crippen LogP contribution in [-0.4, -0.2) is 25.5 Å². The molecule has 29 heavy (non-hydrogen) atoms. The Kier molecular flexibility index (Phi) is 5.95. The van der Waals surface area contributed by atoms with Gasteiger partial charge in [-0.25, -0.2) is 22.0 Å². The molecule has 0 radical (unpaired) electrons. The zero-order chi connectivity index (χ0) is 21.1. The van der Waals surface area contributed by atoms with Crippen molar-refractivity contribution in [3.63, 3.8) is 0 Å². The first-order valence-corrected chi connectivity index (χ1v) is 8.49. The second-order valence-electron chi connectivity index (χ2n) is 6.23. The molecule has 1 amide bonds. The fraction of sp³-hybridized carbons (Fsp3) is 0.278. The molecule has 1 aromatic carbocycles. The van der Waals surface area contributed by atoms with Crippen molar-refractivity contribution in [3.8, 4) is 0 Å². The molecule has 0 aliphatic heterocycles. The minimum Gasteiger partial charge on any atom is -0.307 e. The molecule has 1 unspecified atom stereocenters. The Hall–Kier alpha value is -3.24. The number of carbonyl (C=O) groups is 1. The lowest BCUT2D eigenvalue weighted by molar-refractivity contribution is -0.119. The van der Waals surface area contributed by atoms with Gasteiger partial charge in [-0.15, -0.1) is 0 Å². The summed E-state index contributed by atoms with van der Waals surface area (Å²) in [6.45, 7) is 1.50. The molecular weight excluding hydrogens is 397 g/mol. The summed E-state index contributed by atoms with van der Waals surface area (Å²) in [6.07, 6.45) is -4.57. The minimum absolute atomic E-state index is 0.123. The molecule has 0 aliphatic carbocycles. The van der Waals surface area contributed by atoms with Crippen molar-refractivity contribution in [3.05, 3.63) is 65.4 Å². The normalized spacial score (nSPS) is 12.6. The predicted molar refractivity (Wildman–Crippen MR) is 93.2 cm³/mol. The number of alkyl halides is 4. The molecule has 2 aromatic heterocycles. The van der Waals surface area contributed by atoms with E-state index < -0.39 is 42.0 Å². The Morgan fingerprint density at radius 3 is 2.52 bits per heavy atom. The first-order valence-electron chi connectivity index (χ1n) is 8.49. The van der Waals surface area contributed by atoms with Gasteiger partial charge in [0.2, 0.25) is 5.91 Å². The number of rotatable bonds is 7. The number of aromatic nitrogens is 4. The lowest BCUT2D eigenvalue weighted by atomic mass is 10.2. The van der Waals surface area contributed by atoms with Crippen LogP contribution in [0.4, 0.5) is 27.8 Å². The number of nitrogens with one attached hydrogen (secondary N) is 1. The van der Waals surface area contributed by atoms with E-state index in [9.17, 15) is 26.7 Å². The van der Waals surface area contributed by atoms with E-state index in [0.717, 1.165) is 0 Å². The molecule has 3 aromatic rings. The molecule has 1 atom stereocenters. The number of anilines is 1. The van der Waals surface area contributed by atoms with Gasteiger partial charge in [-0.3, -0.25) is 14.2 Å². The van der Waals surface area contributed by atoms with Crippen LogP contribution in [0.25, 0.3) is 0 Å². The topological polar surface area (TPSA) is 64.7 Å². The minimum atomic E-state index is -3.07. The predicted octanol–water partition coefficient (Wildman–Crippen LogP) is 4.34. The molecular formula is C18H16F5N5O. The quantitative estimate of drug-likeness (QED) is 0.586. The third kappa shape index (κ3) is 4.79. The highest BCUT2D eigenvalue weighted by molar-refractivity contribution is 5.92. The van der Waals surface area contributed by atoms with Crippen LogP contribution in [0.3, 0.4) is 0 Å². The molecule has 3 rings (SSSR count). The van der Waals surface area contributed by atoms with Crippen LogP contribution >= 0.6 is 0 Å². The van der Waals surface area contributed by atoms with E-state index in [1.165, 1.54) is 29.8 Å². The fourth-order valence-electron chi connectivity index (χ4n) is 2.69. The summed E-state index contributed by atoms with van der Waals surface area (Å²) in [5.41, 5.74) is -0.962. The maximum Gasteiger partial charge on any atom is 0.282 e. The standard InChI is InChI=1S/C18H16F5N5O/c1-10(28-14(17(22)23)8-13(25-28)16(20)21)18(29)24-15-5-6-27(26-15)9-11-3-2-4-12(19)7-11/h2-8,10,16-17H,9H2,1H3,(H,24,26,29). The number of amides is 1. The summed E-state index contributed by atoms with van der Waals surface area (Å²) in [5.74, 6) is -1.03. The van der Waals surface area contributed by atoms with Crippen molar-refractivity contribution < 1.29 is 26.7 Å². The van der Waals surface area contributed by atoms with Gasteiger partial charge in [0.15, 0.2) is 5.82 Å². The van der Waals surface area contributed by atoms with E-state index in [4.69, 9.17) is 0 Å². The highest BCUT2D eigenvalue weighted by Crippen LogP contribution is 2.27. The average molecular weight is 413 g/mol. The molecule has 2 heterocycles. The molecule has 6 nitrogen and oxygen atoms in total. The van der Waals surface area contributed by atoms with Gasteiger partial charge >= 0.3 is 0 Å². The fourth-order valence-corrected chi connectivity index (χ4v) is 2.69. The SMILES string of the molecule is CC(C(=O)Nc1ccn(Cc2cccc(F)c2)n1)n1nc(C(F)F)cc1C(F)F. The van der Waals surface area contributed by atoms with Crippen LogP contribution in [0.15, 0.2) is 42.6 Å². The van der Waals surface area contributed by atoms with Crippen molar-refractivity contribution in [2.75, 3.05) is 5.32 Å². The number of halogens is 5. The van der Waals surface area contributed by atoms with Crippen molar-refractivity contribution in [1.82, 2.24) is 19.6 Å². The van der Waals surface area contributed by atoms with Gasteiger partial charge in [0.25, 0.3) is 12.9 Å². The van der Waals surface area contributed by atoms with Crippen LogP contribution in [-0.2, 0) is 11.3 Å². The molecule has 0 saturated heterocycles. The third-order valence-corrected chi connectivity index (χ3v) is 4.10. The van der Waals surface area contributed by atoms with E-state index >= 15 is 0 Å². The van der Waals surface area contributed by atoms with Gasteiger partial charge in [-0.05, 0) is 30.7 Å². The first kappa shape index (κ1) is 20.5. The lowest BCUT2D eigenvalue weighted by Gasteiger charge is -2.14. The monoisotopic (exact) mass is 413 g/mol. The molecule has 0 spiro atoms. The smallest absolute Gasteiger partial charge is 0.282 e. The highest BCUT2D eigenvalue weighted by Gasteiger charge is 2.27. The average Bonchev–Trinajstić information content (AvgIpc) is 3.28. The summed E-state index contributed by atoms with van der Waals surface area (Å²) in [7, 11) is 0. The number of hydrogen-bond acceptors (Lipinski definition) is 3. The van der Waals surface area contributed by atoms with Crippen molar-refractivity contribution in [2.45, 2.75) is 32.4 Å². The summed E-state index contributed by atoms with van der Waals surface area (Å²) in [5, 5.41) is 9.96. The summed E-state index contributed by atoms with van der Waals surface area (Å²) in [4.78, 5) is 12.4. The molecule has 0 bridgehead atoms. The maximum atomic E-state index is 13.2. The lowest BCUT2D eigenvalue weighted by Crippen LogP contribution is -2.26. The van der Waals surface area contributed by atoms with E-state index in [-0.39, 0.29) is 12.4 Å². The Morgan fingerprint density at radius 1 is 1.10 bits per heavy atom. The number of nitrogens with zero attached hydrogens (tertiary/aromatic N) is 4. The van der Waals surface area contributed by atoms with Gasteiger partial charge in [-0.2, -0.15) is 10.2 Å². The molecule has 0 saturated carbocycles. The van der Waals surface area contributed by atoms with Crippen LogP contribution in [0.2, 0.25) is 0 Å². The summed E-state index contributed by atoms with van der Waals surface area (Å²) >= 11 is 0. The van der Waals surface area contributed by atoms with Crippen molar-refractivity contribution in [1.29, 1.82) is 0 Å². The Morgan fingerprint density at radius 2 is 1.86 bits per heavy atom. The third-order valence-electron chi connectivity index (χ3n) is 4.10. The van der Waals surface area contributed by atoms with Crippen LogP contribution in [0, 0.1) is 5.82 Å².